The van der Waals surface area contributed by atoms with Gasteiger partial charge in [0.05, 0.1) is 5.56 Å². The summed E-state index contributed by atoms with van der Waals surface area (Å²) in [6, 6.07) is 3.63. The van der Waals surface area contributed by atoms with Crippen molar-refractivity contribution >= 4 is 11.7 Å². The maximum Gasteiger partial charge on any atom is 0.337 e. The fraction of sp³-hybridized carbons (Fsp3) is 0.533. The molecule has 0 saturated carbocycles. The van der Waals surface area contributed by atoms with Crippen LogP contribution in [0.15, 0.2) is 12.1 Å². The molecule has 18 heavy (non-hydrogen) atoms. The molecule has 2 rings (SSSR count). The predicted molar refractivity (Wildman–Crippen MR) is 73.1 cm³/mol. The van der Waals surface area contributed by atoms with Gasteiger partial charge in [-0.2, -0.15) is 0 Å². The second-order valence-electron chi connectivity index (χ2n) is 6.56. The Balaban J connectivity index is 2.73. The summed E-state index contributed by atoms with van der Waals surface area (Å²) in [4.78, 5) is 11.2. The second-order valence-corrected chi connectivity index (χ2v) is 6.56. The van der Waals surface area contributed by atoms with E-state index in [1.54, 1.807) is 6.07 Å². The van der Waals surface area contributed by atoms with Gasteiger partial charge >= 0.3 is 5.97 Å². The van der Waals surface area contributed by atoms with Gasteiger partial charge in [-0.1, -0.05) is 27.7 Å². The Morgan fingerprint density at radius 2 is 1.56 bits per heavy atom. The lowest BCUT2D eigenvalue weighted by atomic mass is 9.63. The van der Waals surface area contributed by atoms with E-state index in [0.717, 1.165) is 18.4 Å². The lowest BCUT2D eigenvalue weighted by Gasteiger charge is -2.42. The van der Waals surface area contributed by atoms with Crippen molar-refractivity contribution in [3.05, 3.63) is 28.8 Å². The number of anilines is 1. The minimum atomic E-state index is -0.950. The summed E-state index contributed by atoms with van der Waals surface area (Å²) in [5.41, 5.74) is 8.87. The summed E-state index contributed by atoms with van der Waals surface area (Å²) in [6.45, 7) is 8.73. The van der Waals surface area contributed by atoms with Gasteiger partial charge in [0.1, 0.15) is 0 Å². The zero-order valence-corrected chi connectivity index (χ0v) is 11.5. The highest BCUT2D eigenvalue weighted by atomic mass is 16.4. The van der Waals surface area contributed by atoms with Crippen molar-refractivity contribution in [3.8, 4) is 0 Å². The molecule has 0 heterocycles. The molecule has 98 valence electrons. The zero-order chi connectivity index (χ0) is 13.7. The van der Waals surface area contributed by atoms with E-state index in [1.165, 1.54) is 5.56 Å². The number of carboxylic acids is 1. The molecule has 3 nitrogen and oxygen atoms in total. The van der Waals surface area contributed by atoms with E-state index < -0.39 is 5.97 Å². The molecule has 0 aliphatic heterocycles. The smallest absolute Gasteiger partial charge is 0.337 e. The summed E-state index contributed by atoms with van der Waals surface area (Å²) in [6.07, 6.45) is 2.16. The number of fused-ring (bicyclic) bond motifs is 1. The Morgan fingerprint density at radius 3 is 2.00 bits per heavy atom. The molecule has 0 spiro atoms. The maximum atomic E-state index is 11.2. The number of carboxylic acid groups (broad SMARTS) is 1. The molecule has 0 bridgehead atoms. The molecule has 1 aromatic carbocycles. The number of carbonyl (C=O) groups is 1. The van der Waals surface area contributed by atoms with Crippen LogP contribution in [0.3, 0.4) is 0 Å². The summed E-state index contributed by atoms with van der Waals surface area (Å²) in [5, 5.41) is 9.19. The number of benzene rings is 1. The lowest BCUT2D eigenvalue weighted by Crippen LogP contribution is -2.34. The molecule has 3 N–H and O–H groups in total. The molecule has 3 heteroatoms. The Labute approximate surface area is 108 Å². The summed E-state index contributed by atoms with van der Waals surface area (Å²) < 4.78 is 0. The van der Waals surface area contributed by atoms with Crippen molar-refractivity contribution in [1.82, 2.24) is 0 Å². The van der Waals surface area contributed by atoms with Gasteiger partial charge in [-0.05, 0) is 46.9 Å². The Hall–Kier alpha value is -1.51. The first-order valence-electron chi connectivity index (χ1n) is 6.33. The van der Waals surface area contributed by atoms with Gasteiger partial charge in [0, 0.05) is 5.69 Å². The van der Waals surface area contributed by atoms with Crippen molar-refractivity contribution in [2.45, 2.75) is 51.4 Å². The molecule has 1 aromatic rings. The molecule has 0 amide bonds. The van der Waals surface area contributed by atoms with Crippen molar-refractivity contribution in [2.24, 2.45) is 0 Å². The minimum absolute atomic E-state index is 0.0166. The third-order valence-electron chi connectivity index (χ3n) is 4.25. The number of nitrogens with two attached hydrogens (primary N) is 1. The number of hydrogen-bond acceptors (Lipinski definition) is 2. The monoisotopic (exact) mass is 247 g/mol. The van der Waals surface area contributed by atoms with Crippen LogP contribution >= 0.6 is 0 Å². The van der Waals surface area contributed by atoms with Crippen LogP contribution in [0.4, 0.5) is 5.69 Å². The second kappa shape index (κ2) is 3.74. The molecule has 1 aliphatic carbocycles. The van der Waals surface area contributed by atoms with E-state index in [-0.39, 0.29) is 16.4 Å². The first kappa shape index (κ1) is 12.9. The molecule has 0 fully saturated rings. The molecular weight excluding hydrogens is 226 g/mol. The Kier molecular flexibility index (Phi) is 2.69. The normalized spacial score (nSPS) is 20.2. The van der Waals surface area contributed by atoms with E-state index in [4.69, 9.17) is 5.73 Å². The Morgan fingerprint density at radius 1 is 1.11 bits per heavy atom. The molecular formula is C15H21NO2. The first-order valence-corrected chi connectivity index (χ1v) is 6.33. The largest absolute Gasteiger partial charge is 0.478 e. The SMILES string of the molecule is CC1(C)CCC(C)(C)c2cc(C(=O)O)c(N)cc21. The quantitative estimate of drug-likeness (QED) is 0.748. The highest BCUT2D eigenvalue weighted by Crippen LogP contribution is 2.46. The van der Waals surface area contributed by atoms with Crippen LogP contribution in [0.5, 0.6) is 0 Å². The molecule has 0 saturated heterocycles. The summed E-state index contributed by atoms with van der Waals surface area (Å²) >= 11 is 0. The van der Waals surface area contributed by atoms with Crippen LogP contribution in [0.1, 0.15) is 62.0 Å². The van der Waals surface area contributed by atoms with Gasteiger partial charge in [0.2, 0.25) is 0 Å². The van der Waals surface area contributed by atoms with E-state index >= 15 is 0 Å². The third-order valence-corrected chi connectivity index (χ3v) is 4.25. The van der Waals surface area contributed by atoms with Crippen molar-refractivity contribution in [2.75, 3.05) is 5.73 Å². The van der Waals surface area contributed by atoms with Crippen LogP contribution < -0.4 is 5.73 Å². The minimum Gasteiger partial charge on any atom is -0.478 e. The fourth-order valence-electron chi connectivity index (χ4n) is 2.82. The average Bonchev–Trinajstić information content (AvgIpc) is 2.24. The van der Waals surface area contributed by atoms with E-state index in [1.807, 2.05) is 6.07 Å². The number of hydrogen-bond donors (Lipinski definition) is 2. The topological polar surface area (TPSA) is 63.3 Å². The van der Waals surface area contributed by atoms with Gasteiger partial charge in [-0.15, -0.1) is 0 Å². The number of rotatable bonds is 1. The summed E-state index contributed by atoms with van der Waals surface area (Å²) in [5.74, 6) is -0.950. The zero-order valence-electron chi connectivity index (χ0n) is 11.5. The molecule has 0 atom stereocenters. The molecule has 1 aliphatic rings. The molecule has 0 radical (unpaired) electrons. The van der Waals surface area contributed by atoms with Crippen molar-refractivity contribution in [1.29, 1.82) is 0 Å². The first-order chi connectivity index (χ1) is 8.15. The highest BCUT2D eigenvalue weighted by Gasteiger charge is 2.37. The van der Waals surface area contributed by atoms with E-state index in [9.17, 15) is 9.90 Å². The van der Waals surface area contributed by atoms with Crippen LogP contribution in [0.2, 0.25) is 0 Å². The highest BCUT2D eigenvalue weighted by molar-refractivity contribution is 5.94. The van der Waals surface area contributed by atoms with Gasteiger partial charge in [-0.25, -0.2) is 4.79 Å². The van der Waals surface area contributed by atoms with Gasteiger partial charge < -0.3 is 10.8 Å². The van der Waals surface area contributed by atoms with Crippen LogP contribution in [0, 0.1) is 0 Å². The van der Waals surface area contributed by atoms with Crippen LogP contribution in [0.25, 0.3) is 0 Å². The predicted octanol–water partition coefficient (Wildman–Crippen LogP) is 3.32. The summed E-state index contributed by atoms with van der Waals surface area (Å²) in [7, 11) is 0. The van der Waals surface area contributed by atoms with Crippen LogP contribution in [-0.4, -0.2) is 11.1 Å². The van der Waals surface area contributed by atoms with Gasteiger partial charge in [0.25, 0.3) is 0 Å². The van der Waals surface area contributed by atoms with Crippen molar-refractivity contribution < 1.29 is 9.90 Å². The van der Waals surface area contributed by atoms with Crippen molar-refractivity contribution in [3.63, 3.8) is 0 Å². The van der Waals surface area contributed by atoms with E-state index in [2.05, 4.69) is 27.7 Å². The van der Waals surface area contributed by atoms with Gasteiger partial charge in [-0.3, -0.25) is 0 Å². The van der Waals surface area contributed by atoms with E-state index in [0.29, 0.717) is 5.69 Å². The standard InChI is InChI=1S/C15H21NO2/c1-14(2)5-6-15(3,4)11-8-12(16)9(13(17)18)7-10(11)14/h7-8H,5-6,16H2,1-4H3,(H,17,18). The van der Waals surface area contributed by atoms with Gasteiger partial charge in [0.15, 0.2) is 0 Å². The number of nitrogen functional groups attached to an aromatic ring is 1. The molecule has 0 unspecified atom stereocenters. The molecule has 0 aromatic heterocycles. The fourth-order valence-corrected chi connectivity index (χ4v) is 2.82. The number of aromatic carboxylic acids is 1. The maximum absolute atomic E-state index is 11.2. The lowest BCUT2D eigenvalue weighted by molar-refractivity contribution is 0.0697. The average molecular weight is 247 g/mol. The Bertz CT molecular complexity index is 515. The third kappa shape index (κ3) is 1.88. The van der Waals surface area contributed by atoms with Crippen LogP contribution in [-0.2, 0) is 10.8 Å².